The van der Waals surface area contributed by atoms with Crippen LogP contribution in [0.3, 0.4) is 0 Å². The van der Waals surface area contributed by atoms with E-state index in [0.717, 1.165) is 56.4 Å². The maximum absolute atomic E-state index is 13.1. The van der Waals surface area contributed by atoms with Crippen LogP contribution in [0.15, 0.2) is 84.9 Å². The van der Waals surface area contributed by atoms with Gasteiger partial charge in [0.25, 0.3) is 5.91 Å². The highest BCUT2D eigenvalue weighted by Crippen LogP contribution is 2.40. The Hall–Kier alpha value is -4.46. The molecule has 0 saturated carbocycles. The van der Waals surface area contributed by atoms with Crippen LogP contribution < -0.4 is 14.8 Å². The normalized spacial score (nSPS) is 11.1. The first-order valence-electron chi connectivity index (χ1n) is 16.2. The number of ether oxygens (including phenoxy) is 2. The Morgan fingerprint density at radius 3 is 2.25 bits per heavy atom. The molecular formula is C39H40Cl2N2O5. The zero-order valence-electron chi connectivity index (χ0n) is 27.2. The number of unbranched alkanes of at least 4 members (excludes halogenated alkanes) is 5. The van der Waals surface area contributed by atoms with Crippen molar-refractivity contribution in [3.05, 3.63) is 106 Å². The Morgan fingerprint density at radius 2 is 1.50 bits per heavy atom. The number of aliphatic carboxylic acids is 1. The molecule has 7 nitrogen and oxygen atoms in total. The Labute approximate surface area is 291 Å². The summed E-state index contributed by atoms with van der Waals surface area (Å²) in [5.74, 6) is -0.0727. The van der Waals surface area contributed by atoms with E-state index in [2.05, 4.69) is 35.0 Å². The van der Waals surface area contributed by atoms with Crippen molar-refractivity contribution in [3.63, 3.8) is 0 Å². The number of nitrogens with zero attached hydrogens (tertiary/aromatic N) is 1. The summed E-state index contributed by atoms with van der Waals surface area (Å²) in [7, 11) is 1.69. The number of amides is 1. The van der Waals surface area contributed by atoms with E-state index in [-0.39, 0.29) is 5.91 Å². The average Bonchev–Trinajstić information content (AvgIpc) is 3.39. The summed E-state index contributed by atoms with van der Waals surface area (Å²) in [4.78, 5) is 24.6. The number of para-hydroxylation sites is 1. The van der Waals surface area contributed by atoms with Gasteiger partial charge in [-0.2, -0.15) is 0 Å². The van der Waals surface area contributed by atoms with Gasteiger partial charge in [-0.25, -0.2) is 4.79 Å². The molecule has 0 atom stereocenters. The summed E-state index contributed by atoms with van der Waals surface area (Å²) in [6.07, 6.45) is 6.46. The summed E-state index contributed by atoms with van der Waals surface area (Å²) in [5, 5.41) is 14.5. The molecule has 5 aromatic rings. The smallest absolute Gasteiger partial charge is 0.341 e. The number of methoxy groups -OCH3 is 1. The number of carboxylic acid groups (broad SMARTS) is 1. The van der Waals surface area contributed by atoms with Gasteiger partial charge >= 0.3 is 5.97 Å². The number of nitrogens with one attached hydrogen (secondary N) is 1. The van der Waals surface area contributed by atoms with E-state index >= 15 is 0 Å². The van der Waals surface area contributed by atoms with E-state index in [9.17, 15) is 14.7 Å². The van der Waals surface area contributed by atoms with E-state index in [1.807, 2.05) is 36.4 Å². The second-order valence-electron chi connectivity index (χ2n) is 11.8. The summed E-state index contributed by atoms with van der Waals surface area (Å²) >= 11 is 12.7. The molecule has 9 heteroatoms. The van der Waals surface area contributed by atoms with Crippen LogP contribution in [0.5, 0.6) is 11.5 Å². The van der Waals surface area contributed by atoms with Gasteiger partial charge in [0.15, 0.2) is 6.61 Å². The van der Waals surface area contributed by atoms with E-state index in [4.69, 9.17) is 32.7 Å². The van der Waals surface area contributed by atoms with Crippen LogP contribution in [0.25, 0.3) is 33.2 Å². The molecule has 0 saturated heterocycles. The van der Waals surface area contributed by atoms with Crippen molar-refractivity contribution in [3.8, 4) is 33.8 Å². The number of rotatable bonds is 16. The van der Waals surface area contributed by atoms with E-state index in [1.165, 1.54) is 16.6 Å². The molecule has 2 N–H and O–H groups in total. The van der Waals surface area contributed by atoms with Crippen molar-refractivity contribution in [2.24, 2.45) is 0 Å². The van der Waals surface area contributed by atoms with Gasteiger partial charge in [-0.3, -0.25) is 4.79 Å². The number of hydrogen-bond acceptors (Lipinski definition) is 4. The molecule has 48 heavy (non-hydrogen) atoms. The molecule has 4 aromatic carbocycles. The number of fused-ring (bicyclic) bond motifs is 1. The van der Waals surface area contributed by atoms with Crippen molar-refractivity contribution < 1.29 is 24.2 Å². The zero-order chi connectivity index (χ0) is 34.0. The average molecular weight is 688 g/mol. The lowest BCUT2D eigenvalue weighted by molar-refractivity contribution is -0.139. The fraction of sp³-hybridized carbons (Fsp3) is 0.282. The van der Waals surface area contributed by atoms with Crippen LogP contribution in [-0.2, 0) is 11.3 Å². The van der Waals surface area contributed by atoms with Gasteiger partial charge in [0.1, 0.15) is 11.5 Å². The van der Waals surface area contributed by atoms with Gasteiger partial charge in [-0.05, 0) is 85.5 Å². The lowest BCUT2D eigenvalue weighted by Gasteiger charge is -2.17. The topological polar surface area (TPSA) is 89.8 Å². The molecule has 0 radical (unpaired) electrons. The minimum Gasteiger partial charge on any atom is -0.497 e. The number of benzene rings is 4. The highest BCUT2D eigenvalue weighted by molar-refractivity contribution is 6.31. The molecule has 250 valence electrons. The minimum absolute atomic E-state index is 0.218. The maximum Gasteiger partial charge on any atom is 0.341 e. The molecule has 0 bridgehead atoms. The standard InChI is InChI=1S/C39H40Cl2N2O5/c1-26-19-29-24-33(47-2)15-16-36(29)43(26)18-8-6-4-3-5-7-17-42-39(46)30-20-28(22-32(41)23-30)35-14-10-13-34(38(35)48-25-37(44)45)27-11-9-12-31(40)21-27/h9-16,19-24H,3-8,17-18,25H2,1-2H3,(H,42,46)(H,44,45). The monoisotopic (exact) mass is 686 g/mol. The molecule has 0 aliphatic heterocycles. The molecule has 5 rings (SSSR count). The largest absolute Gasteiger partial charge is 0.497 e. The second kappa shape index (κ2) is 16.6. The van der Waals surface area contributed by atoms with Crippen LogP contribution >= 0.6 is 23.2 Å². The van der Waals surface area contributed by atoms with Crippen LogP contribution in [0.2, 0.25) is 10.0 Å². The van der Waals surface area contributed by atoms with Crippen LogP contribution in [0.4, 0.5) is 0 Å². The van der Waals surface area contributed by atoms with Crippen LogP contribution in [-0.4, -0.2) is 41.8 Å². The third kappa shape index (κ3) is 8.91. The minimum atomic E-state index is -1.10. The SMILES string of the molecule is COc1ccc2c(c1)cc(C)n2CCCCCCCCNC(=O)c1cc(Cl)cc(-c2cccc(-c3cccc(Cl)c3)c2OCC(=O)O)c1. The van der Waals surface area contributed by atoms with Gasteiger partial charge in [0, 0.05) is 56.4 Å². The zero-order valence-corrected chi connectivity index (χ0v) is 28.7. The highest BCUT2D eigenvalue weighted by atomic mass is 35.5. The van der Waals surface area contributed by atoms with E-state index < -0.39 is 12.6 Å². The Balaban J connectivity index is 1.13. The maximum atomic E-state index is 13.1. The van der Waals surface area contributed by atoms with E-state index in [0.29, 0.717) is 44.6 Å². The molecule has 1 aromatic heterocycles. The van der Waals surface area contributed by atoms with Crippen molar-refractivity contribution in [2.45, 2.75) is 52.0 Å². The van der Waals surface area contributed by atoms with Gasteiger partial charge < -0.3 is 24.5 Å². The number of halogens is 2. The van der Waals surface area contributed by atoms with Crippen molar-refractivity contribution in [1.82, 2.24) is 9.88 Å². The van der Waals surface area contributed by atoms with Gasteiger partial charge in [-0.15, -0.1) is 0 Å². The number of carbonyl (C=O) groups is 2. The Bertz CT molecular complexity index is 1900. The Kier molecular flexibility index (Phi) is 12.0. The number of aromatic nitrogens is 1. The molecular weight excluding hydrogens is 647 g/mol. The van der Waals surface area contributed by atoms with Crippen molar-refractivity contribution >= 4 is 46.0 Å². The molecule has 0 aliphatic carbocycles. The van der Waals surface area contributed by atoms with E-state index in [1.54, 1.807) is 37.4 Å². The summed E-state index contributed by atoms with van der Waals surface area (Å²) in [6, 6.07) is 26.3. The predicted octanol–water partition coefficient (Wildman–Crippen LogP) is 9.83. The van der Waals surface area contributed by atoms with Gasteiger partial charge in [0.05, 0.1) is 7.11 Å². The second-order valence-corrected chi connectivity index (χ2v) is 12.7. The lowest BCUT2D eigenvalue weighted by atomic mass is 9.96. The fourth-order valence-electron chi connectivity index (χ4n) is 6.03. The van der Waals surface area contributed by atoms with Crippen molar-refractivity contribution in [1.29, 1.82) is 0 Å². The summed E-state index contributed by atoms with van der Waals surface area (Å²) in [6.45, 7) is 3.19. The third-order valence-corrected chi connectivity index (χ3v) is 8.82. The number of aryl methyl sites for hydroxylation is 2. The summed E-state index contributed by atoms with van der Waals surface area (Å²) in [5.41, 5.74) is 5.63. The fourth-order valence-corrected chi connectivity index (χ4v) is 6.46. The molecule has 1 heterocycles. The first kappa shape index (κ1) is 34.9. The molecule has 0 fully saturated rings. The number of carbonyl (C=O) groups excluding carboxylic acids is 1. The highest BCUT2D eigenvalue weighted by Gasteiger charge is 2.17. The number of hydrogen-bond donors (Lipinski definition) is 2. The lowest BCUT2D eigenvalue weighted by Crippen LogP contribution is -2.24. The molecule has 0 aliphatic rings. The Morgan fingerprint density at radius 1 is 0.792 bits per heavy atom. The molecule has 0 unspecified atom stereocenters. The summed E-state index contributed by atoms with van der Waals surface area (Å²) < 4.78 is 13.5. The number of carboxylic acids is 1. The van der Waals surface area contributed by atoms with Crippen molar-refractivity contribution in [2.75, 3.05) is 20.3 Å². The third-order valence-electron chi connectivity index (χ3n) is 8.37. The van der Waals surface area contributed by atoms with Crippen LogP contribution in [0, 0.1) is 6.92 Å². The first-order chi connectivity index (χ1) is 23.2. The van der Waals surface area contributed by atoms with Gasteiger partial charge in [-0.1, -0.05) is 79.2 Å². The quantitative estimate of drug-likeness (QED) is 0.101. The van der Waals surface area contributed by atoms with Gasteiger partial charge in [0.2, 0.25) is 0 Å². The predicted molar refractivity (Wildman–Crippen MR) is 194 cm³/mol. The molecule has 1 amide bonds. The first-order valence-corrected chi connectivity index (χ1v) is 17.0. The molecule has 0 spiro atoms. The van der Waals surface area contributed by atoms with Crippen LogP contribution in [0.1, 0.15) is 54.6 Å².